The summed E-state index contributed by atoms with van der Waals surface area (Å²) in [7, 11) is 0. The lowest BCUT2D eigenvalue weighted by Gasteiger charge is -2.27. The molecule has 0 bridgehead atoms. The van der Waals surface area contributed by atoms with Crippen LogP contribution in [0.4, 0.5) is 0 Å². The minimum Gasteiger partial charge on any atom is -0.491 e. The van der Waals surface area contributed by atoms with E-state index in [2.05, 4.69) is 36.1 Å². The Morgan fingerprint density at radius 1 is 1.15 bits per heavy atom. The van der Waals surface area contributed by atoms with Gasteiger partial charge in [0.05, 0.1) is 6.10 Å². The Kier molecular flexibility index (Phi) is 7.06. The number of rotatable bonds is 9. The first kappa shape index (κ1) is 18.9. The molecule has 0 aromatic heterocycles. The fraction of sp³-hybridized carbons (Fsp3) is 0.455. The van der Waals surface area contributed by atoms with E-state index in [1.165, 1.54) is 11.1 Å². The predicted octanol–water partition coefficient (Wildman–Crippen LogP) is 3.42. The lowest BCUT2D eigenvalue weighted by Crippen LogP contribution is -2.39. The highest BCUT2D eigenvalue weighted by molar-refractivity contribution is 5.22. The Hall–Kier alpha value is -1.88. The summed E-state index contributed by atoms with van der Waals surface area (Å²) in [4.78, 5) is 2.28. The summed E-state index contributed by atoms with van der Waals surface area (Å²) in [5, 5.41) is 10.5. The molecule has 26 heavy (non-hydrogen) atoms. The second-order valence-electron chi connectivity index (χ2n) is 7.09. The second-order valence-corrected chi connectivity index (χ2v) is 7.09. The van der Waals surface area contributed by atoms with Crippen molar-refractivity contribution in [2.75, 3.05) is 26.3 Å². The van der Waals surface area contributed by atoms with Crippen LogP contribution in [0.3, 0.4) is 0 Å². The molecule has 4 heteroatoms. The molecule has 1 N–H and O–H groups in total. The maximum Gasteiger partial charge on any atom is 0.119 e. The zero-order valence-electron chi connectivity index (χ0n) is 15.5. The van der Waals surface area contributed by atoms with Gasteiger partial charge in [-0.15, -0.1) is 0 Å². The van der Waals surface area contributed by atoms with E-state index in [0.29, 0.717) is 13.2 Å². The second kappa shape index (κ2) is 9.72. The van der Waals surface area contributed by atoms with Crippen molar-refractivity contribution < 1.29 is 14.6 Å². The van der Waals surface area contributed by atoms with Crippen LogP contribution in [0.25, 0.3) is 0 Å². The van der Waals surface area contributed by atoms with E-state index in [9.17, 15) is 5.11 Å². The van der Waals surface area contributed by atoms with Gasteiger partial charge in [0.1, 0.15) is 18.5 Å². The minimum atomic E-state index is -0.540. The minimum absolute atomic E-state index is 0.266. The summed E-state index contributed by atoms with van der Waals surface area (Å²) in [6.07, 6.45) is 1.95. The Bertz CT molecular complexity index is 638. The van der Waals surface area contributed by atoms with Crippen LogP contribution < -0.4 is 4.74 Å². The van der Waals surface area contributed by atoms with Gasteiger partial charge in [0.2, 0.25) is 0 Å². The van der Waals surface area contributed by atoms with Crippen LogP contribution in [0.1, 0.15) is 24.0 Å². The molecule has 0 amide bonds. The summed E-state index contributed by atoms with van der Waals surface area (Å²) in [5.74, 6) is 0.788. The zero-order valence-corrected chi connectivity index (χ0v) is 15.5. The van der Waals surface area contributed by atoms with Gasteiger partial charge in [-0.05, 0) is 37.5 Å². The van der Waals surface area contributed by atoms with Crippen LogP contribution in [-0.2, 0) is 11.3 Å². The van der Waals surface area contributed by atoms with Gasteiger partial charge in [-0.25, -0.2) is 0 Å². The molecule has 0 aliphatic carbocycles. The van der Waals surface area contributed by atoms with Gasteiger partial charge < -0.3 is 14.6 Å². The zero-order chi connectivity index (χ0) is 18.2. The van der Waals surface area contributed by atoms with Crippen LogP contribution in [0, 0.1) is 6.92 Å². The van der Waals surface area contributed by atoms with E-state index >= 15 is 0 Å². The summed E-state index contributed by atoms with van der Waals surface area (Å²) in [6, 6.07) is 18.2. The summed E-state index contributed by atoms with van der Waals surface area (Å²) >= 11 is 0. The highest BCUT2D eigenvalue weighted by Gasteiger charge is 2.21. The topological polar surface area (TPSA) is 41.9 Å². The molecule has 3 rings (SSSR count). The molecule has 1 saturated heterocycles. The standard InChI is InChI=1S/C22H29NO3/c1-18-9-11-19(12-10-18)14-23(16-22-8-5-13-25-22)15-20(24)17-26-21-6-3-2-4-7-21/h2-4,6-7,9-12,20,22,24H,5,8,13-17H2,1H3/t20-,22+/m1/s1. The van der Waals surface area contributed by atoms with Gasteiger partial charge in [-0.1, -0.05) is 48.0 Å². The van der Waals surface area contributed by atoms with Crippen LogP contribution in [0.2, 0.25) is 0 Å². The van der Waals surface area contributed by atoms with E-state index in [4.69, 9.17) is 9.47 Å². The largest absolute Gasteiger partial charge is 0.491 e. The van der Waals surface area contributed by atoms with E-state index in [1.54, 1.807) is 0 Å². The smallest absolute Gasteiger partial charge is 0.119 e. The molecule has 0 radical (unpaired) electrons. The summed E-state index contributed by atoms with van der Waals surface area (Å²) in [6.45, 7) is 5.46. The molecule has 1 aliphatic heterocycles. The Balaban J connectivity index is 1.55. The molecular formula is C22H29NO3. The molecule has 140 valence electrons. The monoisotopic (exact) mass is 355 g/mol. The fourth-order valence-electron chi connectivity index (χ4n) is 3.29. The third-order valence-electron chi connectivity index (χ3n) is 4.67. The van der Waals surface area contributed by atoms with Gasteiger partial charge in [0, 0.05) is 26.2 Å². The third kappa shape index (κ3) is 6.13. The first-order valence-electron chi connectivity index (χ1n) is 9.44. The number of nitrogens with zero attached hydrogens (tertiary/aromatic N) is 1. The van der Waals surface area contributed by atoms with Crippen molar-refractivity contribution in [2.45, 2.75) is 38.5 Å². The number of aryl methyl sites for hydroxylation is 1. The first-order valence-corrected chi connectivity index (χ1v) is 9.44. The number of para-hydroxylation sites is 1. The SMILES string of the molecule is Cc1ccc(CN(C[C@@H](O)COc2ccccc2)C[C@@H]2CCCO2)cc1. The molecule has 4 nitrogen and oxygen atoms in total. The van der Waals surface area contributed by atoms with Gasteiger partial charge >= 0.3 is 0 Å². The van der Waals surface area contributed by atoms with Crippen LogP contribution in [-0.4, -0.2) is 48.5 Å². The maximum absolute atomic E-state index is 10.5. The molecule has 1 fully saturated rings. The maximum atomic E-state index is 10.5. The van der Waals surface area contributed by atoms with Crippen molar-refractivity contribution in [1.29, 1.82) is 0 Å². The number of ether oxygens (including phenoxy) is 2. The molecule has 2 atom stereocenters. The normalized spacial score (nSPS) is 18.2. The molecule has 0 saturated carbocycles. The van der Waals surface area contributed by atoms with Crippen molar-refractivity contribution in [3.63, 3.8) is 0 Å². The van der Waals surface area contributed by atoms with Crippen molar-refractivity contribution in [3.05, 3.63) is 65.7 Å². The highest BCUT2D eigenvalue weighted by Crippen LogP contribution is 2.16. The van der Waals surface area contributed by atoms with E-state index in [0.717, 1.165) is 38.3 Å². The number of benzene rings is 2. The molecule has 1 aliphatic rings. The van der Waals surface area contributed by atoms with Gasteiger partial charge in [0.15, 0.2) is 0 Å². The average molecular weight is 355 g/mol. The van der Waals surface area contributed by atoms with E-state index < -0.39 is 6.10 Å². The van der Waals surface area contributed by atoms with E-state index in [-0.39, 0.29) is 6.10 Å². The Morgan fingerprint density at radius 2 is 1.92 bits per heavy atom. The van der Waals surface area contributed by atoms with E-state index in [1.807, 2.05) is 30.3 Å². The fourth-order valence-corrected chi connectivity index (χ4v) is 3.29. The van der Waals surface area contributed by atoms with Crippen LogP contribution >= 0.6 is 0 Å². The molecule has 1 heterocycles. The molecule has 0 unspecified atom stereocenters. The molecule has 0 spiro atoms. The quantitative estimate of drug-likeness (QED) is 0.748. The highest BCUT2D eigenvalue weighted by atomic mass is 16.5. The lowest BCUT2D eigenvalue weighted by molar-refractivity contribution is 0.0313. The van der Waals surface area contributed by atoms with Crippen molar-refractivity contribution in [2.24, 2.45) is 0 Å². The van der Waals surface area contributed by atoms with Crippen molar-refractivity contribution in [1.82, 2.24) is 4.90 Å². The van der Waals surface area contributed by atoms with Crippen molar-refractivity contribution >= 4 is 0 Å². The Labute approximate surface area is 156 Å². The lowest BCUT2D eigenvalue weighted by atomic mass is 10.1. The molecular weight excluding hydrogens is 326 g/mol. The first-order chi connectivity index (χ1) is 12.7. The van der Waals surface area contributed by atoms with Crippen LogP contribution in [0.15, 0.2) is 54.6 Å². The van der Waals surface area contributed by atoms with Gasteiger partial charge in [0.25, 0.3) is 0 Å². The third-order valence-corrected chi connectivity index (χ3v) is 4.67. The molecule has 2 aromatic carbocycles. The number of aliphatic hydroxyl groups is 1. The average Bonchev–Trinajstić information content (AvgIpc) is 3.16. The number of hydrogen-bond donors (Lipinski definition) is 1. The number of hydrogen-bond acceptors (Lipinski definition) is 4. The van der Waals surface area contributed by atoms with Gasteiger partial charge in [-0.3, -0.25) is 4.90 Å². The summed E-state index contributed by atoms with van der Waals surface area (Å²) < 4.78 is 11.5. The Morgan fingerprint density at radius 3 is 2.62 bits per heavy atom. The predicted molar refractivity (Wildman–Crippen MR) is 103 cm³/mol. The molecule has 2 aromatic rings. The van der Waals surface area contributed by atoms with Crippen LogP contribution in [0.5, 0.6) is 5.75 Å². The van der Waals surface area contributed by atoms with Gasteiger partial charge in [-0.2, -0.15) is 0 Å². The van der Waals surface area contributed by atoms with Crippen molar-refractivity contribution in [3.8, 4) is 5.75 Å². The summed E-state index contributed by atoms with van der Waals surface area (Å²) in [5.41, 5.74) is 2.51. The number of aliphatic hydroxyl groups excluding tert-OH is 1.